The molecule has 100 valence electrons. The summed E-state index contributed by atoms with van der Waals surface area (Å²) in [5.41, 5.74) is 8.41. The van der Waals surface area contributed by atoms with Gasteiger partial charge in [-0.25, -0.2) is 0 Å². The summed E-state index contributed by atoms with van der Waals surface area (Å²) in [6.45, 7) is 7.60. The molecular weight excluding hydrogens is 224 g/mol. The van der Waals surface area contributed by atoms with Crippen molar-refractivity contribution in [3.05, 3.63) is 35.4 Å². The van der Waals surface area contributed by atoms with E-state index in [-0.39, 0.29) is 11.9 Å². The Balaban J connectivity index is 2.63. The highest BCUT2D eigenvalue weighted by Crippen LogP contribution is 2.16. The Morgan fingerprint density at radius 1 is 1.17 bits per heavy atom. The lowest BCUT2D eigenvalue weighted by Crippen LogP contribution is -2.32. The van der Waals surface area contributed by atoms with Crippen LogP contribution in [0.2, 0.25) is 0 Å². The number of aryl methyl sites for hydroxylation is 1. The number of carbonyl (C=O) groups is 1. The van der Waals surface area contributed by atoms with Crippen molar-refractivity contribution in [1.29, 1.82) is 0 Å². The number of benzene rings is 1. The van der Waals surface area contributed by atoms with E-state index in [0.29, 0.717) is 6.42 Å². The van der Waals surface area contributed by atoms with Gasteiger partial charge in [0.05, 0.1) is 0 Å². The van der Waals surface area contributed by atoms with Gasteiger partial charge in [-0.1, -0.05) is 31.2 Å². The van der Waals surface area contributed by atoms with Gasteiger partial charge in [0.15, 0.2) is 0 Å². The average molecular weight is 248 g/mol. The van der Waals surface area contributed by atoms with E-state index in [2.05, 4.69) is 19.1 Å². The molecule has 1 amide bonds. The van der Waals surface area contributed by atoms with Crippen LogP contribution in [0.25, 0.3) is 0 Å². The third-order valence-corrected chi connectivity index (χ3v) is 3.33. The Labute approximate surface area is 110 Å². The summed E-state index contributed by atoms with van der Waals surface area (Å²) in [6, 6.07) is 8.01. The maximum Gasteiger partial charge on any atom is 0.224 e. The molecule has 1 aromatic carbocycles. The van der Waals surface area contributed by atoms with Crippen molar-refractivity contribution in [1.82, 2.24) is 4.90 Å². The Morgan fingerprint density at radius 3 is 2.17 bits per heavy atom. The van der Waals surface area contributed by atoms with E-state index in [4.69, 9.17) is 5.73 Å². The van der Waals surface area contributed by atoms with Crippen LogP contribution >= 0.6 is 0 Å². The summed E-state index contributed by atoms with van der Waals surface area (Å²) in [5, 5.41) is 0. The second-order valence-corrected chi connectivity index (χ2v) is 4.47. The van der Waals surface area contributed by atoms with E-state index in [0.717, 1.165) is 25.1 Å². The van der Waals surface area contributed by atoms with E-state index < -0.39 is 0 Å². The van der Waals surface area contributed by atoms with Crippen molar-refractivity contribution in [3.8, 4) is 0 Å². The minimum Gasteiger partial charge on any atom is -0.343 e. The third kappa shape index (κ3) is 3.84. The standard InChI is InChI=1S/C15H24N2O/c1-4-12-7-9-13(10-8-12)14(16)11-15(18)17(5-2)6-3/h7-10,14H,4-6,11,16H2,1-3H3. The molecule has 0 aliphatic carbocycles. The lowest BCUT2D eigenvalue weighted by atomic mass is 10.0. The van der Waals surface area contributed by atoms with E-state index in [9.17, 15) is 4.79 Å². The number of hydrogen-bond acceptors (Lipinski definition) is 2. The van der Waals surface area contributed by atoms with Crippen molar-refractivity contribution in [2.24, 2.45) is 5.73 Å². The van der Waals surface area contributed by atoms with Crippen LogP contribution in [-0.2, 0) is 11.2 Å². The molecule has 0 aliphatic heterocycles. The zero-order chi connectivity index (χ0) is 13.5. The van der Waals surface area contributed by atoms with Gasteiger partial charge in [-0.3, -0.25) is 4.79 Å². The summed E-state index contributed by atoms with van der Waals surface area (Å²) in [6.07, 6.45) is 1.40. The van der Waals surface area contributed by atoms with Crippen molar-refractivity contribution >= 4 is 5.91 Å². The molecule has 0 saturated carbocycles. The number of carbonyl (C=O) groups excluding carboxylic acids is 1. The molecule has 0 radical (unpaired) electrons. The lowest BCUT2D eigenvalue weighted by Gasteiger charge is -2.21. The van der Waals surface area contributed by atoms with E-state index >= 15 is 0 Å². The maximum absolute atomic E-state index is 12.0. The molecule has 1 unspecified atom stereocenters. The molecule has 0 saturated heterocycles. The number of rotatable bonds is 6. The van der Waals surface area contributed by atoms with Crippen molar-refractivity contribution in [2.75, 3.05) is 13.1 Å². The Hall–Kier alpha value is -1.35. The first-order chi connectivity index (χ1) is 8.62. The van der Waals surface area contributed by atoms with Gasteiger partial charge in [0.2, 0.25) is 5.91 Å². The zero-order valence-electron chi connectivity index (χ0n) is 11.6. The number of nitrogens with two attached hydrogens (primary N) is 1. The first-order valence-corrected chi connectivity index (χ1v) is 6.74. The van der Waals surface area contributed by atoms with Gasteiger partial charge in [-0.2, -0.15) is 0 Å². The molecule has 3 nitrogen and oxygen atoms in total. The molecule has 0 fully saturated rings. The molecule has 0 heterocycles. The van der Waals surface area contributed by atoms with Crippen molar-refractivity contribution in [3.63, 3.8) is 0 Å². The molecular formula is C15H24N2O. The molecule has 0 spiro atoms. The van der Waals surface area contributed by atoms with Crippen LogP contribution in [0, 0.1) is 0 Å². The Kier molecular flexibility index (Phi) is 5.86. The summed E-state index contributed by atoms with van der Waals surface area (Å²) in [5.74, 6) is 0.132. The summed E-state index contributed by atoms with van der Waals surface area (Å²) < 4.78 is 0. The smallest absolute Gasteiger partial charge is 0.224 e. The van der Waals surface area contributed by atoms with Crippen LogP contribution in [0.1, 0.15) is 44.4 Å². The van der Waals surface area contributed by atoms with Crippen LogP contribution in [0.15, 0.2) is 24.3 Å². The third-order valence-electron chi connectivity index (χ3n) is 3.33. The Bertz CT molecular complexity index is 369. The van der Waals surface area contributed by atoms with Crippen LogP contribution in [0.4, 0.5) is 0 Å². The number of amides is 1. The molecule has 1 aromatic rings. The monoisotopic (exact) mass is 248 g/mol. The predicted octanol–water partition coefficient (Wildman–Crippen LogP) is 2.51. The van der Waals surface area contributed by atoms with E-state index in [1.807, 2.05) is 30.9 Å². The van der Waals surface area contributed by atoms with Crippen LogP contribution in [-0.4, -0.2) is 23.9 Å². The fraction of sp³-hybridized carbons (Fsp3) is 0.533. The van der Waals surface area contributed by atoms with Gasteiger partial charge in [0.25, 0.3) is 0 Å². The van der Waals surface area contributed by atoms with Crippen LogP contribution < -0.4 is 5.73 Å². The van der Waals surface area contributed by atoms with E-state index in [1.54, 1.807) is 0 Å². The normalized spacial score (nSPS) is 12.2. The highest BCUT2D eigenvalue weighted by atomic mass is 16.2. The first-order valence-electron chi connectivity index (χ1n) is 6.74. The van der Waals surface area contributed by atoms with Gasteiger partial charge in [0.1, 0.15) is 0 Å². The fourth-order valence-electron chi connectivity index (χ4n) is 2.01. The van der Waals surface area contributed by atoms with Gasteiger partial charge in [0, 0.05) is 25.6 Å². The molecule has 3 heteroatoms. The minimum absolute atomic E-state index is 0.132. The second-order valence-electron chi connectivity index (χ2n) is 4.47. The quantitative estimate of drug-likeness (QED) is 0.840. The summed E-state index contributed by atoms with van der Waals surface area (Å²) in [4.78, 5) is 13.8. The van der Waals surface area contributed by atoms with Crippen molar-refractivity contribution < 1.29 is 4.79 Å². The molecule has 1 atom stereocenters. The highest BCUT2D eigenvalue weighted by molar-refractivity contribution is 5.77. The number of nitrogens with zero attached hydrogens (tertiary/aromatic N) is 1. The van der Waals surface area contributed by atoms with Gasteiger partial charge in [-0.05, 0) is 31.4 Å². The van der Waals surface area contributed by atoms with E-state index in [1.165, 1.54) is 5.56 Å². The van der Waals surface area contributed by atoms with Crippen molar-refractivity contribution in [2.45, 2.75) is 39.7 Å². The second kappa shape index (κ2) is 7.17. The topological polar surface area (TPSA) is 46.3 Å². The molecule has 2 N–H and O–H groups in total. The maximum atomic E-state index is 12.0. The zero-order valence-corrected chi connectivity index (χ0v) is 11.6. The lowest BCUT2D eigenvalue weighted by molar-refractivity contribution is -0.131. The molecule has 0 aliphatic rings. The molecule has 0 bridgehead atoms. The van der Waals surface area contributed by atoms with Gasteiger partial charge >= 0.3 is 0 Å². The van der Waals surface area contributed by atoms with Gasteiger partial charge in [-0.15, -0.1) is 0 Å². The average Bonchev–Trinajstić information content (AvgIpc) is 2.40. The summed E-state index contributed by atoms with van der Waals surface area (Å²) in [7, 11) is 0. The highest BCUT2D eigenvalue weighted by Gasteiger charge is 2.15. The minimum atomic E-state index is -0.205. The largest absolute Gasteiger partial charge is 0.343 e. The fourth-order valence-corrected chi connectivity index (χ4v) is 2.01. The SMILES string of the molecule is CCc1ccc(C(N)CC(=O)N(CC)CC)cc1. The molecule has 18 heavy (non-hydrogen) atoms. The predicted molar refractivity (Wildman–Crippen MR) is 75.3 cm³/mol. The van der Waals surface area contributed by atoms with Crippen LogP contribution in [0.5, 0.6) is 0 Å². The molecule has 0 aromatic heterocycles. The van der Waals surface area contributed by atoms with Gasteiger partial charge < -0.3 is 10.6 Å². The molecule has 1 rings (SSSR count). The van der Waals surface area contributed by atoms with Crippen LogP contribution in [0.3, 0.4) is 0 Å². The first kappa shape index (κ1) is 14.7. The summed E-state index contributed by atoms with van der Waals surface area (Å²) >= 11 is 0. The Morgan fingerprint density at radius 2 is 1.72 bits per heavy atom. The number of hydrogen-bond donors (Lipinski definition) is 1.